The summed E-state index contributed by atoms with van der Waals surface area (Å²) in [5, 5.41) is 2.38. The van der Waals surface area contributed by atoms with E-state index in [-0.39, 0.29) is 6.67 Å². The van der Waals surface area contributed by atoms with Crippen LogP contribution in [0.3, 0.4) is 0 Å². The smallest absolute Gasteiger partial charge is 0.340 e. The molecule has 0 saturated heterocycles. The normalized spacial score (nSPS) is 17.5. The van der Waals surface area contributed by atoms with Gasteiger partial charge in [-0.15, -0.1) is 4.41 Å². The van der Waals surface area contributed by atoms with Crippen LogP contribution in [-0.4, -0.2) is 47.4 Å². The number of alkyl halides is 3. The average Bonchev–Trinajstić information content (AvgIpc) is 2.63. The molecular weight excluding hydrogens is 233 g/mol. The summed E-state index contributed by atoms with van der Waals surface area (Å²) in [5.41, 5.74) is 0. The molecule has 0 saturated carbocycles. The molecule has 5 nitrogen and oxygen atoms in total. The number of hydrogen-bond acceptors (Lipinski definition) is 4. The summed E-state index contributed by atoms with van der Waals surface area (Å²) < 4.78 is 37.7. The van der Waals surface area contributed by atoms with Crippen LogP contribution in [0.5, 0.6) is 0 Å². The quantitative estimate of drug-likeness (QED) is 0.699. The van der Waals surface area contributed by atoms with E-state index in [0.717, 1.165) is 9.42 Å². The number of rotatable bonds is 1. The predicted molar refractivity (Wildman–Crippen MR) is 50.0 cm³/mol. The lowest BCUT2D eigenvalue weighted by Gasteiger charge is -2.24. The minimum absolute atomic E-state index is 0.191. The Balaban J connectivity index is 2.57. The molecule has 1 aliphatic heterocycles. The number of aliphatic imine (C=N–C) groups is 1. The van der Waals surface area contributed by atoms with E-state index in [4.69, 9.17) is 0 Å². The number of hydrazine groups is 1. The maximum absolute atomic E-state index is 12.2. The van der Waals surface area contributed by atoms with Gasteiger partial charge in [-0.25, -0.2) is 9.80 Å². The molecule has 9 heteroatoms. The molecule has 0 aromatic carbocycles. The zero-order valence-corrected chi connectivity index (χ0v) is 8.82. The highest BCUT2D eigenvalue weighted by atomic mass is 32.2. The van der Waals surface area contributed by atoms with Gasteiger partial charge in [-0.1, -0.05) is 0 Å². The fourth-order valence-corrected chi connectivity index (χ4v) is 1.57. The van der Waals surface area contributed by atoms with Crippen molar-refractivity contribution in [3.8, 4) is 0 Å². The molecule has 0 spiro atoms. The second-order valence-electron chi connectivity index (χ2n) is 2.62. The highest BCUT2D eigenvalue weighted by molar-refractivity contribution is 8.12. The van der Waals surface area contributed by atoms with Crippen LogP contribution in [-0.2, 0) is 0 Å². The lowest BCUT2D eigenvalue weighted by Crippen LogP contribution is -2.43. The number of amides is 2. The summed E-state index contributed by atoms with van der Waals surface area (Å²) in [5.74, 6) is 0. The molecule has 1 aliphatic rings. The molecule has 15 heavy (non-hydrogen) atoms. The lowest BCUT2D eigenvalue weighted by molar-refractivity contribution is -0.0554. The molecule has 0 fully saturated rings. The van der Waals surface area contributed by atoms with Crippen molar-refractivity contribution in [2.45, 2.75) is 6.18 Å². The summed E-state index contributed by atoms with van der Waals surface area (Å²) in [6.45, 7) is -0.191. The van der Waals surface area contributed by atoms with E-state index in [1.807, 2.05) is 0 Å². The molecule has 0 aliphatic carbocycles. The van der Waals surface area contributed by atoms with E-state index < -0.39 is 17.3 Å². The summed E-state index contributed by atoms with van der Waals surface area (Å²) in [6.07, 6.45) is -4.46. The summed E-state index contributed by atoms with van der Waals surface area (Å²) in [6, 6.07) is -0.499. The van der Waals surface area contributed by atoms with Crippen LogP contribution in [0.15, 0.2) is 4.99 Å². The molecule has 1 rings (SSSR count). The third kappa shape index (κ3) is 2.75. The molecule has 0 bridgehead atoms. The minimum atomic E-state index is -4.46. The van der Waals surface area contributed by atoms with Crippen molar-refractivity contribution in [2.75, 3.05) is 20.8 Å². The van der Waals surface area contributed by atoms with Crippen molar-refractivity contribution in [1.29, 1.82) is 0 Å². The van der Waals surface area contributed by atoms with Crippen molar-refractivity contribution in [3.63, 3.8) is 0 Å². The van der Waals surface area contributed by atoms with E-state index in [1.54, 1.807) is 0 Å². The number of urea groups is 1. The molecule has 0 radical (unpaired) electrons. The van der Waals surface area contributed by atoms with Crippen LogP contribution in [0.2, 0.25) is 0 Å². The average molecular weight is 242 g/mol. The van der Waals surface area contributed by atoms with Gasteiger partial charge in [-0.3, -0.25) is 4.99 Å². The number of halogens is 3. The summed E-state index contributed by atoms with van der Waals surface area (Å²) in [7, 11) is 2.76. The Bertz CT molecular complexity index is 293. The zero-order valence-electron chi connectivity index (χ0n) is 8.00. The van der Waals surface area contributed by atoms with E-state index in [1.165, 1.54) is 14.1 Å². The molecule has 2 amide bonds. The van der Waals surface area contributed by atoms with Crippen LogP contribution in [0, 0.1) is 0 Å². The van der Waals surface area contributed by atoms with Crippen LogP contribution >= 0.6 is 11.9 Å². The Morgan fingerprint density at radius 2 is 2.27 bits per heavy atom. The number of hydrogen-bond donors (Lipinski definition) is 1. The lowest BCUT2D eigenvalue weighted by atomic mass is 10.7. The Morgan fingerprint density at radius 1 is 1.67 bits per heavy atom. The van der Waals surface area contributed by atoms with Crippen LogP contribution in [0.1, 0.15) is 0 Å². The van der Waals surface area contributed by atoms with E-state index in [9.17, 15) is 18.0 Å². The van der Waals surface area contributed by atoms with Gasteiger partial charge >= 0.3 is 12.2 Å². The second-order valence-corrected chi connectivity index (χ2v) is 3.62. The minimum Gasteiger partial charge on any atom is -0.340 e. The fourth-order valence-electron chi connectivity index (χ4n) is 0.843. The van der Waals surface area contributed by atoms with Gasteiger partial charge in [0.2, 0.25) is 0 Å². The molecule has 1 heterocycles. The first-order chi connectivity index (χ1) is 6.86. The molecular formula is C6H9F3N4OS. The SMILES string of the molecule is CNC(=O)N(C)N1CN=C(C(F)(F)F)S1. The van der Waals surface area contributed by atoms with E-state index in [2.05, 4.69) is 10.3 Å². The first kappa shape index (κ1) is 12.1. The first-order valence-corrected chi connectivity index (χ1v) is 4.66. The molecule has 1 N–H and O–H groups in total. The van der Waals surface area contributed by atoms with Gasteiger partial charge in [0, 0.05) is 26.0 Å². The van der Waals surface area contributed by atoms with Crippen molar-refractivity contribution in [1.82, 2.24) is 14.7 Å². The van der Waals surface area contributed by atoms with Crippen molar-refractivity contribution < 1.29 is 18.0 Å². The largest absolute Gasteiger partial charge is 0.440 e. The van der Waals surface area contributed by atoms with Gasteiger partial charge < -0.3 is 5.32 Å². The highest BCUT2D eigenvalue weighted by Gasteiger charge is 2.41. The summed E-state index contributed by atoms with van der Waals surface area (Å²) in [4.78, 5) is 14.4. The third-order valence-corrected chi connectivity index (χ3v) is 2.72. The first-order valence-electron chi connectivity index (χ1n) is 3.88. The second kappa shape index (κ2) is 4.27. The fraction of sp³-hybridized carbons (Fsp3) is 0.667. The molecule has 0 atom stereocenters. The van der Waals surface area contributed by atoms with E-state index >= 15 is 0 Å². The Kier molecular flexibility index (Phi) is 3.45. The van der Waals surface area contributed by atoms with Gasteiger partial charge in [-0.05, 0) is 0 Å². The third-order valence-electron chi connectivity index (χ3n) is 1.61. The number of nitrogens with zero attached hydrogens (tertiary/aromatic N) is 3. The van der Waals surface area contributed by atoms with Crippen molar-refractivity contribution in [3.05, 3.63) is 0 Å². The predicted octanol–water partition coefficient (Wildman–Crippen LogP) is 1.05. The standard InChI is InChI=1S/C6H9F3N4OS/c1-10-5(14)12(2)13-3-11-4(15-13)6(7,8)9/h3H2,1-2H3,(H,10,14). The van der Waals surface area contributed by atoms with Crippen molar-refractivity contribution in [2.24, 2.45) is 4.99 Å². The maximum Gasteiger partial charge on any atom is 0.440 e. The number of carbonyl (C=O) groups is 1. The topological polar surface area (TPSA) is 47.9 Å². The van der Waals surface area contributed by atoms with Gasteiger partial charge in [0.15, 0.2) is 5.04 Å². The van der Waals surface area contributed by atoms with Gasteiger partial charge in [0.25, 0.3) is 0 Å². The zero-order chi connectivity index (χ0) is 11.6. The molecule has 0 aromatic heterocycles. The van der Waals surface area contributed by atoms with Crippen molar-refractivity contribution >= 4 is 23.0 Å². The van der Waals surface area contributed by atoms with E-state index in [0.29, 0.717) is 11.9 Å². The van der Waals surface area contributed by atoms with Gasteiger partial charge in [0.05, 0.1) is 0 Å². The van der Waals surface area contributed by atoms with Crippen LogP contribution in [0.4, 0.5) is 18.0 Å². The highest BCUT2D eigenvalue weighted by Crippen LogP contribution is 2.32. The van der Waals surface area contributed by atoms with Gasteiger partial charge in [-0.2, -0.15) is 13.2 Å². The monoisotopic (exact) mass is 242 g/mol. The Labute approximate surface area is 88.4 Å². The van der Waals surface area contributed by atoms with Crippen LogP contribution in [0.25, 0.3) is 0 Å². The molecule has 86 valence electrons. The summed E-state index contributed by atoms with van der Waals surface area (Å²) >= 11 is 0.393. The Hall–Kier alpha value is -0.960. The molecule has 0 aromatic rings. The van der Waals surface area contributed by atoms with Crippen LogP contribution < -0.4 is 5.32 Å². The number of carbonyl (C=O) groups excluding carboxylic acids is 1. The van der Waals surface area contributed by atoms with Gasteiger partial charge in [0.1, 0.15) is 6.67 Å². The Morgan fingerprint density at radius 3 is 2.67 bits per heavy atom. The maximum atomic E-state index is 12.2. The number of nitrogens with one attached hydrogen (secondary N) is 1. The molecule has 0 unspecified atom stereocenters.